The van der Waals surface area contributed by atoms with Crippen LogP contribution in [0.2, 0.25) is 0 Å². The first-order chi connectivity index (χ1) is 9.17. The van der Waals surface area contributed by atoms with Gasteiger partial charge < -0.3 is 19.9 Å². The lowest BCUT2D eigenvalue weighted by Gasteiger charge is -2.18. The number of benzene rings is 1. The number of anilines is 1. The summed E-state index contributed by atoms with van der Waals surface area (Å²) in [4.78, 5) is 11.6. The number of esters is 1. The van der Waals surface area contributed by atoms with E-state index in [-0.39, 0.29) is 11.8 Å². The Balaban J connectivity index is 2.34. The van der Waals surface area contributed by atoms with Gasteiger partial charge in [0.15, 0.2) is 11.5 Å². The molecule has 5 nitrogen and oxygen atoms in total. The Labute approximate surface area is 112 Å². The van der Waals surface area contributed by atoms with Crippen LogP contribution in [0.1, 0.15) is 36.0 Å². The van der Waals surface area contributed by atoms with Crippen molar-refractivity contribution in [3.05, 3.63) is 17.7 Å². The summed E-state index contributed by atoms with van der Waals surface area (Å²) in [6.45, 7) is 0. The first-order valence-electron chi connectivity index (χ1n) is 6.38. The fourth-order valence-electron chi connectivity index (χ4n) is 2.32. The number of methoxy groups -OCH3 is 2. The third kappa shape index (κ3) is 2.75. The summed E-state index contributed by atoms with van der Waals surface area (Å²) >= 11 is 0. The second kappa shape index (κ2) is 5.82. The Hall–Kier alpha value is -1.91. The maximum absolute atomic E-state index is 11.6. The van der Waals surface area contributed by atoms with E-state index in [1.54, 1.807) is 19.2 Å². The molecule has 1 aromatic carbocycles. The predicted molar refractivity (Wildman–Crippen MR) is 71.6 cm³/mol. The largest absolute Gasteiger partial charge is 0.493 e. The molecule has 104 valence electrons. The topological polar surface area (TPSA) is 70.8 Å². The van der Waals surface area contributed by atoms with Gasteiger partial charge in [-0.1, -0.05) is 0 Å². The highest BCUT2D eigenvalue weighted by Crippen LogP contribution is 2.38. The normalized spacial score (nSPS) is 15.3. The van der Waals surface area contributed by atoms with Crippen molar-refractivity contribution in [2.45, 2.75) is 31.8 Å². The van der Waals surface area contributed by atoms with Crippen LogP contribution in [0, 0.1) is 0 Å². The molecule has 1 aromatic rings. The minimum Gasteiger partial charge on any atom is -0.493 e. The van der Waals surface area contributed by atoms with Crippen LogP contribution in [-0.2, 0) is 4.74 Å². The van der Waals surface area contributed by atoms with Crippen LogP contribution >= 0.6 is 0 Å². The second-order valence-electron chi connectivity index (χ2n) is 4.57. The summed E-state index contributed by atoms with van der Waals surface area (Å²) in [6.07, 6.45) is 4.47. The predicted octanol–water partition coefficient (Wildman–Crippen LogP) is 2.39. The lowest BCUT2D eigenvalue weighted by molar-refractivity contribution is 0.0601. The molecule has 0 aliphatic heterocycles. The van der Waals surface area contributed by atoms with Crippen molar-refractivity contribution in [3.63, 3.8) is 0 Å². The summed E-state index contributed by atoms with van der Waals surface area (Å²) in [5.41, 5.74) is 6.59. The number of nitrogen functional groups attached to an aromatic ring is 1. The molecule has 0 heterocycles. The maximum atomic E-state index is 11.6. The zero-order chi connectivity index (χ0) is 13.8. The lowest BCUT2D eigenvalue weighted by atomic mass is 10.1. The van der Waals surface area contributed by atoms with Gasteiger partial charge in [0.1, 0.15) is 0 Å². The van der Waals surface area contributed by atoms with Crippen LogP contribution < -0.4 is 15.2 Å². The number of hydrogen-bond donors (Lipinski definition) is 1. The fraction of sp³-hybridized carbons (Fsp3) is 0.500. The van der Waals surface area contributed by atoms with E-state index in [2.05, 4.69) is 0 Å². The molecule has 2 rings (SSSR count). The number of hydrogen-bond acceptors (Lipinski definition) is 5. The summed E-state index contributed by atoms with van der Waals surface area (Å²) in [7, 11) is 2.87. The molecule has 1 saturated carbocycles. The van der Waals surface area contributed by atoms with Crippen LogP contribution in [0.25, 0.3) is 0 Å². The van der Waals surface area contributed by atoms with Crippen molar-refractivity contribution in [3.8, 4) is 11.5 Å². The summed E-state index contributed by atoms with van der Waals surface area (Å²) < 4.78 is 15.9. The van der Waals surface area contributed by atoms with Gasteiger partial charge in [0.05, 0.1) is 31.6 Å². The van der Waals surface area contributed by atoms with E-state index in [1.165, 1.54) is 7.11 Å². The average Bonchev–Trinajstić information content (AvgIpc) is 2.93. The SMILES string of the molecule is COC(=O)c1ccc(OC)c(OC2CCCC2)c1N. The molecule has 1 fully saturated rings. The molecular formula is C14H19NO4. The molecule has 0 aromatic heterocycles. The van der Waals surface area contributed by atoms with Crippen LogP contribution in [0.4, 0.5) is 5.69 Å². The Bertz CT molecular complexity index is 467. The summed E-state index contributed by atoms with van der Waals surface area (Å²) in [6, 6.07) is 3.26. The number of carbonyl (C=O) groups is 1. The van der Waals surface area contributed by atoms with Gasteiger partial charge >= 0.3 is 5.97 Å². The second-order valence-corrected chi connectivity index (χ2v) is 4.57. The van der Waals surface area contributed by atoms with Gasteiger partial charge in [0.25, 0.3) is 0 Å². The van der Waals surface area contributed by atoms with Crippen molar-refractivity contribution in [2.75, 3.05) is 20.0 Å². The number of nitrogens with two attached hydrogens (primary N) is 1. The van der Waals surface area contributed by atoms with E-state index in [1.807, 2.05) is 0 Å². The fourth-order valence-corrected chi connectivity index (χ4v) is 2.32. The molecule has 19 heavy (non-hydrogen) atoms. The highest BCUT2D eigenvalue weighted by Gasteiger charge is 2.23. The van der Waals surface area contributed by atoms with E-state index in [9.17, 15) is 4.79 Å². The van der Waals surface area contributed by atoms with Gasteiger partial charge in [0.2, 0.25) is 0 Å². The lowest BCUT2D eigenvalue weighted by Crippen LogP contribution is -2.15. The number of rotatable bonds is 4. The monoisotopic (exact) mass is 265 g/mol. The van der Waals surface area contributed by atoms with Gasteiger partial charge in [-0.25, -0.2) is 4.79 Å². The van der Waals surface area contributed by atoms with Crippen molar-refractivity contribution < 1.29 is 19.0 Å². The summed E-state index contributed by atoms with van der Waals surface area (Å²) in [5, 5.41) is 0. The minimum atomic E-state index is -0.476. The molecule has 2 N–H and O–H groups in total. The van der Waals surface area contributed by atoms with Gasteiger partial charge in [-0.05, 0) is 37.8 Å². The third-order valence-electron chi connectivity index (χ3n) is 3.37. The Morgan fingerprint density at radius 1 is 1.26 bits per heavy atom. The smallest absolute Gasteiger partial charge is 0.340 e. The highest BCUT2D eigenvalue weighted by atomic mass is 16.5. The number of carbonyl (C=O) groups excluding carboxylic acids is 1. The van der Waals surface area contributed by atoms with Gasteiger partial charge in [0, 0.05) is 0 Å². The van der Waals surface area contributed by atoms with E-state index < -0.39 is 5.97 Å². The molecular weight excluding hydrogens is 246 g/mol. The molecule has 0 saturated heterocycles. The van der Waals surface area contributed by atoms with Crippen molar-refractivity contribution in [1.29, 1.82) is 0 Å². The van der Waals surface area contributed by atoms with Crippen LogP contribution in [-0.4, -0.2) is 26.3 Å². The molecule has 1 aliphatic carbocycles. The Morgan fingerprint density at radius 2 is 1.95 bits per heavy atom. The van der Waals surface area contributed by atoms with E-state index >= 15 is 0 Å². The molecule has 0 atom stereocenters. The molecule has 0 radical (unpaired) electrons. The van der Waals surface area contributed by atoms with E-state index in [0.717, 1.165) is 25.7 Å². The molecule has 5 heteroatoms. The maximum Gasteiger partial charge on any atom is 0.340 e. The first-order valence-corrected chi connectivity index (χ1v) is 6.38. The van der Waals surface area contributed by atoms with Crippen molar-refractivity contribution in [1.82, 2.24) is 0 Å². The van der Waals surface area contributed by atoms with Crippen LogP contribution in [0.15, 0.2) is 12.1 Å². The van der Waals surface area contributed by atoms with Gasteiger partial charge in [-0.3, -0.25) is 0 Å². The third-order valence-corrected chi connectivity index (χ3v) is 3.37. The average molecular weight is 265 g/mol. The molecule has 0 spiro atoms. The minimum absolute atomic E-state index is 0.143. The van der Waals surface area contributed by atoms with Crippen LogP contribution in [0.5, 0.6) is 11.5 Å². The quantitative estimate of drug-likeness (QED) is 0.668. The van der Waals surface area contributed by atoms with Gasteiger partial charge in [-0.2, -0.15) is 0 Å². The van der Waals surface area contributed by atoms with Crippen LogP contribution in [0.3, 0.4) is 0 Å². The highest BCUT2D eigenvalue weighted by molar-refractivity contribution is 5.97. The Kier molecular flexibility index (Phi) is 4.14. The zero-order valence-corrected chi connectivity index (χ0v) is 11.3. The molecule has 1 aliphatic rings. The number of ether oxygens (including phenoxy) is 3. The van der Waals surface area contributed by atoms with Gasteiger partial charge in [-0.15, -0.1) is 0 Å². The standard InChI is InChI=1S/C14H19NO4/c1-17-11-8-7-10(14(16)18-2)12(15)13(11)19-9-5-3-4-6-9/h7-9H,3-6,15H2,1-2H3. The Morgan fingerprint density at radius 3 is 2.53 bits per heavy atom. The summed E-state index contributed by atoms with van der Waals surface area (Å²) in [5.74, 6) is 0.505. The van der Waals surface area contributed by atoms with E-state index in [0.29, 0.717) is 17.1 Å². The first kappa shape index (κ1) is 13.5. The van der Waals surface area contributed by atoms with Crippen molar-refractivity contribution >= 4 is 11.7 Å². The van der Waals surface area contributed by atoms with Crippen molar-refractivity contribution in [2.24, 2.45) is 0 Å². The zero-order valence-electron chi connectivity index (χ0n) is 11.3. The molecule has 0 unspecified atom stereocenters. The van der Waals surface area contributed by atoms with E-state index in [4.69, 9.17) is 19.9 Å². The molecule has 0 bridgehead atoms. The molecule has 0 amide bonds.